The Balaban J connectivity index is 1.79. The molecule has 5 nitrogen and oxygen atoms in total. The molecule has 5 heteroatoms. The van der Waals surface area contributed by atoms with E-state index in [1.807, 2.05) is 12.1 Å². The summed E-state index contributed by atoms with van der Waals surface area (Å²) < 4.78 is 10.9. The van der Waals surface area contributed by atoms with Gasteiger partial charge >= 0.3 is 5.97 Å². The van der Waals surface area contributed by atoms with Crippen LogP contribution in [0.5, 0.6) is 5.75 Å². The second kappa shape index (κ2) is 5.43. The molecule has 1 aromatic rings. The van der Waals surface area contributed by atoms with Crippen molar-refractivity contribution < 1.29 is 14.3 Å². The maximum atomic E-state index is 13.1. The van der Waals surface area contributed by atoms with Gasteiger partial charge in [0.25, 0.3) is 0 Å². The second-order valence-corrected chi connectivity index (χ2v) is 7.77. The Labute approximate surface area is 153 Å². The number of hydrogen-bond donors (Lipinski definition) is 0. The molecule has 136 valence electrons. The molecule has 4 unspecified atom stereocenters. The first-order valence-electron chi connectivity index (χ1n) is 9.39. The number of esters is 1. The predicted octanol–water partition coefficient (Wildman–Crippen LogP) is 2.86. The van der Waals surface area contributed by atoms with Gasteiger partial charge in [0, 0.05) is 24.8 Å². The molecule has 1 aromatic carbocycles. The molecule has 0 aromatic heterocycles. The number of benzene rings is 1. The first-order chi connectivity index (χ1) is 12.7. The van der Waals surface area contributed by atoms with Gasteiger partial charge in [0.2, 0.25) is 0 Å². The van der Waals surface area contributed by atoms with Crippen LogP contribution in [0, 0.1) is 11.8 Å². The number of allylic oxidation sites excluding steroid dienone is 1. The SMILES string of the molecule is CC=C1CN2CCC34C(=Nc5c(OC)cccc53)C2CC1C4C(=O)OC. The number of carbonyl (C=O) groups is 1. The number of rotatable bonds is 2. The largest absolute Gasteiger partial charge is 0.494 e. The molecule has 4 atom stereocenters. The first-order valence-corrected chi connectivity index (χ1v) is 9.39. The van der Waals surface area contributed by atoms with Crippen LogP contribution in [0.4, 0.5) is 5.69 Å². The van der Waals surface area contributed by atoms with E-state index in [2.05, 4.69) is 24.0 Å². The molecular formula is C21H24N2O3. The number of fused-ring (bicyclic) bond motifs is 2. The van der Waals surface area contributed by atoms with Crippen molar-refractivity contribution in [1.29, 1.82) is 0 Å². The molecule has 1 saturated carbocycles. The molecule has 1 aliphatic carbocycles. The van der Waals surface area contributed by atoms with Crippen molar-refractivity contribution in [2.75, 3.05) is 27.3 Å². The molecule has 0 N–H and O–H groups in total. The Morgan fingerprint density at radius 3 is 2.96 bits per heavy atom. The zero-order valence-corrected chi connectivity index (χ0v) is 15.5. The van der Waals surface area contributed by atoms with Gasteiger partial charge in [-0.15, -0.1) is 0 Å². The minimum absolute atomic E-state index is 0.105. The topological polar surface area (TPSA) is 51.1 Å². The van der Waals surface area contributed by atoms with Crippen LogP contribution in [0.15, 0.2) is 34.8 Å². The average molecular weight is 352 g/mol. The lowest BCUT2D eigenvalue weighted by molar-refractivity contribution is -0.151. The fourth-order valence-corrected chi connectivity index (χ4v) is 5.97. The number of aliphatic imine (C=N–C) groups is 1. The zero-order valence-electron chi connectivity index (χ0n) is 15.5. The fraction of sp³-hybridized carbons (Fsp3) is 0.524. The van der Waals surface area contributed by atoms with Crippen molar-refractivity contribution in [1.82, 2.24) is 4.90 Å². The van der Waals surface area contributed by atoms with Crippen LogP contribution in [0.2, 0.25) is 0 Å². The van der Waals surface area contributed by atoms with Gasteiger partial charge in [-0.1, -0.05) is 23.8 Å². The zero-order chi connectivity index (χ0) is 18.1. The highest BCUT2D eigenvalue weighted by Crippen LogP contribution is 2.61. The summed E-state index contributed by atoms with van der Waals surface area (Å²) in [5, 5.41) is 0. The highest BCUT2D eigenvalue weighted by molar-refractivity contribution is 6.10. The Kier molecular flexibility index (Phi) is 3.35. The van der Waals surface area contributed by atoms with Gasteiger partial charge in [0.15, 0.2) is 0 Å². The van der Waals surface area contributed by atoms with Crippen molar-refractivity contribution in [3.63, 3.8) is 0 Å². The van der Waals surface area contributed by atoms with Crippen molar-refractivity contribution in [3.05, 3.63) is 35.4 Å². The number of hydrogen-bond acceptors (Lipinski definition) is 5. The Morgan fingerprint density at radius 1 is 1.38 bits per heavy atom. The van der Waals surface area contributed by atoms with Gasteiger partial charge in [-0.3, -0.25) is 14.7 Å². The van der Waals surface area contributed by atoms with Crippen LogP contribution >= 0.6 is 0 Å². The lowest BCUT2D eigenvalue weighted by atomic mass is 9.51. The Morgan fingerprint density at radius 2 is 2.23 bits per heavy atom. The van der Waals surface area contributed by atoms with Gasteiger partial charge < -0.3 is 9.47 Å². The van der Waals surface area contributed by atoms with E-state index < -0.39 is 0 Å². The minimum Gasteiger partial charge on any atom is -0.494 e. The van der Waals surface area contributed by atoms with E-state index in [0.717, 1.165) is 48.6 Å². The summed E-state index contributed by atoms with van der Waals surface area (Å²) in [4.78, 5) is 20.7. The summed E-state index contributed by atoms with van der Waals surface area (Å²) >= 11 is 0. The maximum Gasteiger partial charge on any atom is 0.310 e. The van der Waals surface area contributed by atoms with E-state index in [1.165, 1.54) is 12.7 Å². The first kappa shape index (κ1) is 16.1. The fourth-order valence-electron chi connectivity index (χ4n) is 5.97. The van der Waals surface area contributed by atoms with Crippen LogP contribution in [-0.4, -0.2) is 49.9 Å². The normalized spacial score (nSPS) is 35.7. The number of methoxy groups -OCH3 is 2. The van der Waals surface area contributed by atoms with E-state index in [0.29, 0.717) is 6.04 Å². The third-order valence-corrected chi connectivity index (χ3v) is 7.04. The molecule has 4 aliphatic rings. The van der Waals surface area contributed by atoms with Crippen molar-refractivity contribution in [2.24, 2.45) is 16.8 Å². The number of para-hydroxylation sites is 1. The quantitative estimate of drug-likeness (QED) is 0.607. The third kappa shape index (κ3) is 1.74. The Hall–Kier alpha value is -2.14. The minimum atomic E-state index is -0.351. The van der Waals surface area contributed by atoms with E-state index in [4.69, 9.17) is 14.5 Å². The lowest BCUT2D eigenvalue weighted by Crippen LogP contribution is -2.68. The monoisotopic (exact) mass is 352 g/mol. The van der Waals surface area contributed by atoms with E-state index in [1.54, 1.807) is 7.11 Å². The van der Waals surface area contributed by atoms with Crippen LogP contribution in [0.25, 0.3) is 0 Å². The summed E-state index contributed by atoms with van der Waals surface area (Å²) in [6.45, 7) is 4.01. The Bertz CT molecular complexity index is 859. The van der Waals surface area contributed by atoms with Gasteiger partial charge in [-0.05, 0) is 37.3 Å². The van der Waals surface area contributed by atoms with Gasteiger partial charge in [-0.2, -0.15) is 0 Å². The molecule has 0 amide bonds. The van der Waals surface area contributed by atoms with Crippen LogP contribution in [-0.2, 0) is 14.9 Å². The van der Waals surface area contributed by atoms with Crippen molar-refractivity contribution in [3.8, 4) is 5.75 Å². The van der Waals surface area contributed by atoms with Crippen molar-refractivity contribution in [2.45, 2.75) is 31.2 Å². The van der Waals surface area contributed by atoms with E-state index >= 15 is 0 Å². The van der Waals surface area contributed by atoms with E-state index in [-0.39, 0.29) is 23.2 Å². The van der Waals surface area contributed by atoms with Gasteiger partial charge in [0.1, 0.15) is 11.4 Å². The van der Waals surface area contributed by atoms with Crippen molar-refractivity contribution >= 4 is 17.4 Å². The molecule has 0 radical (unpaired) electrons. The predicted molar refractivity (Wildman–Crippen MR) is 99.1 cm³/mol. The average Bonchev–Trinajstić information content (AvgIpc) is 3.03. The van der Waals surface area contributed by atoms with Crippen LogP contribution in [0.3, 0.4) is 0 Å². The standard InChI is InChI=1S/C21H24N2O3/c1-4-12-11-23-9-8-21-14-6-5-7-16(25-2)18(14)22-19(21)15(23)10-13(12)17(21)20(24)26-3/h4-7,13,15,17H,8-11H2,1-3H3. The van der Waals surface area contributed by atoms with Gasteiger partial charge in [0.05, 0.1) is 25.6 Å². The lowest BCUT2D eigenvalue weighted by Gasteiger charge is -2.59. The summed E-state index contributed by atoms with van der Waals surface area (Å²) in [5.41, 5.74) is 4.23. The molecule has 3 bridgehead atoms. The second-order valence-electron chi connectivity index (χ2n) is 7.77. The smallest absolute Gasteiger partial charge is 0.310 e. The number of ether oxygens (including phenoxy) is 2. The van der Waals surface area contributed by atoms with Gasteiger partial charge in [-0.25, -0.2) is 0 Å². The summed E-state index contributed by atoms with van der Waals surface area (Å²) in [5.74, 6) is 0.711. The number of nitrogens with zero attached hydrogens (tertiary/aromatic N) is 2. The molecule has 3 aliphatic heterocycles. The molecule has 5 rings (SSSR count). The molecule has 0 spiro atoms. The number of carbonyl (C=O) groups excluding carboxylic acids is 1. The van der Waals surface area contributed by atoms with Crippen LogP contribution < -0.4 is 4.74 Å². The molecule has 3 fully saturated rings. The molecule has 2 saturated heterocycles. The number of piperidine rings is 2. The van der Waals surface area contributed by atoms with Crippen LogP contribution in [0.1, 0.15) is 25.3 Å². The summed E-state index contributed by atoms with van der Waals surface area (Å²) in [6.07, 6.45) is 4.07. The highest BCUT2D eigenvalue weighted by Gasteiger charge is 2.65. The molecule has 3 heterocycles. The summed E-state index contributed by atoms with van der Waals surface area (Å²) in [6, 6.07) is 6.43. The third-order valence-electron chi connectivity index (χ3n) is 7.04. The molecular weight excluding hydrogens is 328 g/mol. The molecule has 26 heavy (non-hydrogen) atoms. The van der Waals surface area contributed by atoms with E-state index in [9.17, 15) is 4.79 Å². The maximum absolute atomic E-state index is 13.1. The summed E-state index contributed by atoms with van der Waals surface area (Å²) in [7, 11) is 3.20. The highest BCUT2D eigenvalue weighted by atomic mass is 16.5.